The lowest BCUT2D eigenvalue weighted by Crippen LogP contribution is -2.21. The number of H-pyrrole nitrogens is 3. The number of rotatable bonds is 1. The predicted molar refractivity (Wildman–Crippen MR) is 69.2 cm³/mol. The Balaban J connectivity index is 2.26. The van der Waals surface area contributed by atoms with Crippen molar-refractivity contribution in [2.75, 3.05) is 0 Å². The molecule has 0 saturated carbocycles. The average molecular weight is 258 g/mol. The van der Waals surface area contributed by atoms with Gasteiger partial charge in [0.1, 0.15) is 17.1 Å². The Morgan fingerprint density at radius 3 is 2.68 bits per heavy atom. The number of fused-ring (bicyclic) bond motifs is 1. The van der Waals surface area contributed by atoms with Crippen molar-refractivity contribution in [1.82, 2.24) is 19.9 Å². The molecule has 0 unspecified atom stereocenters. The van der Waals surface area contributed by atoms with Gasteiger partial charge in [0.15, 0.2) is 5.65 Å². The number of phenols is 1. The summed E-state index contributed by atoms with van der Waals surface area (Å²) in [6.07, 6.45) is 0. The fraction of sp³-hybridized carbons (Fsp3) is 0.0833. The van der Waals surface area contributed by atoms with Crippen molar-refractivity contribution >= 4 is 11.2 Å². The molecule has 19 heavy (non-hydrogen) atoms. The number of aryl methyl sites for hydroxylation is 1. The number of phenolic OH excluding ortho intramolecular Hbond substituents is 1. The van der Waals surface area contributed by atoms with Crippen LogP contribution in [0.4, 0.5) is 0 Å². The number of hydrogen-bond donors (Lipinski definition) is 4. The maximum absolute atomic E-state index is 11.6. The molecule has 96 valence electrons. The van der Waals surface area contributed by atoms with E-state index in [4.69, 9.17) is 0 Å². The summed E-state index contributed by atoms with van der Waals surface area (Å²) in [5, 5.41) is 9.67. The number of nitrogens with one attached hydrogen (secondary N) is 3. The van der Waals surface area contributed by atoms with Crippen LogP contribution in [0.3, 0.4) is 0 Å². The molecule has 7 nitrogen and oxygen atoms in total. The number of aromatic nitrogens is 4. The lowest BCUT2D eigenvalue weighted by atomic mass is 10.1. The topological polar surface area (TPSA) is 115 Å². The van der Waals surface area contributed by atoms with Gasteiger partial charge in [0, 0.05) is 5.56 Å². The van der Waals surface area contributed by atoms with E-state index in [0.29, 0.717) is 11.4 Å². The summed E-state index contributed by atoms with van der Waals surface area (Å²) in [6.45, 7) is 1.78. The van der Waals surface area contributed by atoms with Crippen molar-refractivity contribution in [3.63, 3.8) is 0 Å². The molecule has 0 bridgehead atoms. The lowest BCUT2D eigenvalue weighted by molar-refractivity contribution is 0.471. The zero-order chi connectivity index (χ0) is 13.6. The molecule has 0 aliphatic rings. The highest BCUT2D eigenvalue weighted by molar-refractivity contribution is 5.75. The van der Waals surface area contributed by atoms with Crippen LogP contribution in [0.1, 0.15) is 5.56 Å². The zero-order valence-electron chi connectivity index (χ0n) is 9.94. The van der Waals surface area contributed by atoms with Crippen molar-refractivity contribution in [3.05, 3.63) is 44.6 Å². The van der Waals surface area contributed by atoms with Crippen LogP contribution in [0.15, 0.2) is 27.8 Å². The third-order valence-electron chi connectivity index (χ3n) is 2.87. The number of benzene rings is 1. The van der Waals surface area contributed by atoms with Crippen LogP contribution in [0.5, 0.6) is 5.75 Å². The summed E-state index contributed by atoms with van der Waals surface area (Å²) < 4.78 is 0. The van der Waals surface area contributed by atoms with Gasteiger partial charge in [0.05, 0.1) is 0 Å². The summed E-state index contributed by atoms with van der Waals surface area (Å²) >= 11 is 0. The third-order valence-corrected chi connectivity index (χ3v) is 2.87. The van der Waals surface area contributed by atoms with Crippen molar-refractivity contribution in [3.8, 4) is 17.1 Å². The molecule has 0 spiro atoms. The number of nitrogens with zero attached hydrogens (tertiary/aromatic N) is 1. The maximum atomic E-state index is 11.6. The zero-order valence-corrected chi connectivity index (χ0v) is 9.94. The first-order valence-electron chi connectivity index (χ1n) is 5.57. The highest BCUT2D eigenvalue weighted by Gasteiger charge is 2.10. The summed E-state index contributed by atoms with van der Waals surface area (Å²) in [4.78, 5) is 34.2. The first-order chi connectivity index (χ1) is 9.04. The molecule has 0 atom stereocenters. The fourth-order valence-electron chi connectivity index (χ4n) is 1.83. The Morgan fingerprint density at radius 2 is 1.95 bits per heavy atom. The van der Waals surface area contributed by atoms with E-state index in [0.717, 1.165) is 5.56 Å². The van der Waals surface area contributed by atoms with Crippen LogP contribution in [0.2, 0.25) is 0 Å². The van der Waals surface area contributed by atoms with Crippen molar-refractivity contribution in [2.24, 2.45) is 0 Å². The molecular formula is C12H10N4O3. The summed E-state index contributed by atoms with van der Waals surface area (Å²) in [5.41, 5.74) is 0.597. The second kappa shape index (κ2) is 3.84. The highest BCUT2D eigenvalue weighted by Crippen LogP contribution is 2.24. The van der Waals surface area contributed by atoms with Gasteiger partial charge in [-0.1, -0.05) is 12.1 Å². The second-order valence-corrected chi connectivity index (χ2v) is 4.22. The first kappa shape index (κ1) is 11.3. The Labute approximate surface area is 106 Å². The maximum Gasteiger partial charge on any atom is 0.327 e. The second-order valence-electron chi connectivity index (χ2n) is 4.22. The van der Waals surface area contributed by atoms with E-state index in [1.54, 1.807) is 25.1 Å². The van der Waals surface area contributed by atoms with Gasteiger partial charge in [-0.05, 0) is 18.6 Å². The van der Waals surface area contributed by atoms with Gasteiger partial charge in [0.2, 0.25) is 0 Å². The number of hydrogen-bond acceptors (Lipinski definition) is 4. The molecule has 0 saturated heterocycles. The monoisotopic (exact) mass is 258 g/mol. The van der Waals surface area contributed by atoms with Gasteiger partial charge < -0.3 is 10.1 Å². The molecule has 0 radical (unpaired) electrons. The van der Waals surface area contributed by atoms with Crippen LogP contribution in [-0.4, -0.2) is 25.0 Å². The quantitative estimate of drug-likeness (QED) is 0.512. The predicted octanol–water partition coefficient (Wildman–Crippen LogP) is 0.621. The van der Waals surface area contributed by atoms with Crippen molar-refractivity contribution in [2.45, 2.75) is 6.92 Å². The molecule has 2 aromatic heterocycles. The van der Waals surface area contributed by atoms with E-state index < -0.39 is 11.2 Å². The molecule has 1 aromatic carbocycles. The van der Waals surface area contributed by atoms with Crippen LogP contribution in [-0.2, 0) is 0 Å². The number of aromatic amines is 3. The van der Waals surface area contributed by atoms with Gasteiger partial charge in [-0.3, -0.25) is 14.8 Å². The van der Waals surface area contributed by atoms with E-state index in [9.17, 15) is 14.7 Å². The normalized spacial score (nSPS) is 11.0. The summed E-state index contributed by atoms with van der Waals surface area (Å²) in [7, 11) is 0. The SMILES string of the molecule is Cc1ccc(-c2nc3[nH]c(=O)[nH]c(=O)c3[nH]2)cc1O. The molecule has 7 heteroatoms. The minimum Gasteiger partial charge on any atom is -0.508 e. The molecule has 4 N–H and O–H groups in total. The minimum absolute atomic E-state index is 0.139. The Morgan fingerprint density at radius 1 is 1.16 bits per heavy atom. The molecule has 0 aliphatic heterocycles. The smallest absolute Gasteiger partial charge is 0.327 e. The molecule has 3 aromatic rings. The largest absolute Gasteiger partial charge is 0.508 e. The van der Waals surface area contributed by atoms with Gasteiger partial charge in [0.25, 0.3) is 5.56 Å². The van der Waals surface area contributed by atoms with Crippen LogP contribution < -0.4 is 11.2 Å². The van der Waals surface area contributed by atoms with Gasteiger partial charge in [-0.25, -0.2) is 9.78 Å². The number of imidazole rings is 1. The third kappa shape index (κ3) is 1.81. The van der Waals surface area contributed by atoms with E-state index in [2.05, 4.69) is 19.9 Å². The number of aromatic hydroxyl groups is 1. The van der Waals surface area contributed by atoms with Gasteiger partial charge in [-0.15, -0.1) is 0 Å². The van der Waals surface area contributed by atoms with E-state index in [-0.39, 0.29) is 16.9 Å². The molecule has 3 rings (SSSR count). The Kier molecular flexibility index (Phi) is 2.28. The summed E-state index contributed by atoms with van der Waals surface area (Å²) in [6, 6.07) is 5.04. The van der Waals surface area contributed by atoms with E-state index >= 15 is 0 Å². The van der Waals surface area contributed by atoms with E-state index in [1.807, 2.05) is 0 Å². The average Bonchev–Trinajstić information content (AvgIpc) is 2.76. The van der Waals surface area contributed by atoms with Gasteiger partial charge in [-0.2, -0.15) is 0 Å². The van der Waals surface area contributed by atoms with E-state index in [1.165, 1.54) is 0 Å². The standard InChI is InChI=1S/C12H10N4O3/c1-5-2-3-6(4-7(5)17)9-13-8-10(14-9)15-12(19)16-11(8)18/h2-4,17H,1H3,(H3,13,14,15,16,18,19). The summed E-state index contributed by atoms with van der Waals surface area (Å²) in [5.74, 6) is 0.540. The molecular weight excluding hydrogens is 248 g/mol. The Hall–Kier alpha value is -2.83. The molecule has 2 heterocycles. The van der Waals surface area contributed by atoms with Crippen LogP contribution in [0, 0.1) is 6.92 Å². The Bertz CT molecular complexity index is 888. The lowest BCUT2D eigenvalue weighted by Gasteiger charge is -2.00. The highest BCUT2D eigenvalue weighted by atomic mass is 16.3. The van der Waals surface area contributed by atoms with Crippen LogP contribution in [0.25, 0.3) is 22.6 Å². The molecule has 0 amide bonds. The van der Waals surface area contributed by atoms with Crippen molar-refractivity contribution < 1.29 is 5.11 Å². The van der Waals surface area contributed by atoms with Crippen molar-refractivity contribution in [1.29, 1.82) is 0 Å². The van der Waals surface area contributed by atoms with Gasteiger partial charge >= 0.3 is 5.69 Å². The molecule has 0 aliphatic carbocycles. The first-order valence-corrected chi connectivity index (χ1v) is 5.57. The minimum atomic E-state index is -0.609. The van der Waals surface area contributed by atoms with Crippen LogP contribution >= 0.6 is 0 Å². The molecule has 0 fully saturated rings. The fourth-order valence-corrected chi connectivity index (χ4v) is 1.83.